The van der Waals surface area contributed by atoms with Gasteiger partial charge in [0, 0.05) is 0 Å². The van der Waals surface area contributed by atoms with E-state index in [1.165, 1.54) is 0 Å². The van der Waals surface area contributed by atoms with Crippen LogP contribution in [0.2, 0.25) is 0 Å². The van der Waals surface area contributed by atoms with Crippen LogP contribution in [0.4, 0.5) is 0 Å². The topological polar surface area (TPSA) is 34.1 Å². The summed E-state index contributed by atoms with van der Waals surface area (Å²) in [6.07, 6.45) is 5.33. The van der Waals surface area contributed by atoms with Gasteiger partial charge in [-0.3, -0.25) is 0 Å². The Morgan fingerprint density at radius 3 is 1.80 bits per heavy atom. The SMILES string of the molecule is O=S(=O)(/C(=C/C=C/c1ccccc1)c1ccccc1)c1ccccc1. The summed E-state index contributed by atoms with van der Waals surface area (Å²) < 4.78 is 26.1. The molecular formula is C22H18O2S. The molecule has 124 valence electrons. The molecule has 0 atom stereocenters. The molecule has 3 heteroatoms. The summed E-state index contributed by atoms with van der Waals surface area (Å²) in [5, 5.41) is 0. The van der Waals surface area contributed by atoms with Crippen LogP contribution in [-0.4, -0.2) is 8.42 Å². The summed E-state index contributed by atoms with van der Waals surface area (Å²) in [6.45, 7) is 0. The fourth-order valence-electron chi connectivity index (χ4n) is 2.48. The van der Waals surface area contributed by atoms with Gasteiger partial charge < -0.3 is 0 Å². The lowest BCUT2D eigenvalue weighted by molar-refractivity contribution is 0.606. The molecule has 0 bridgehead atoms. The van der Waals surface area contributed by atoms with Crippen molar-refractivity contribution < 1.29 is 8.42 Å². The van der Waals surface area contributed by atoms with Gasteiger partial charge in [0.05, 0.1) is 9.80 Å². The van der Waals surface area contributed by atoms with Crippen molar-refractivity contribution in [1.29, 1.82) is 0 Å². The van der Waals surface area contributed by atoms with Gasteiger partial charge in [-0.2, -0.15) is 0 Å². The zero-order valence-electron chi connectivity index (χ0n) is 13.6. The van der Waals surface area contributed by atoms with Crippen molar-refractivity contribution in [1.82, 2.24) is 0 Å². The second-order valence-corrected chi connectivity index (χ2v) is 7.40. The van der Waals surface area contributed by atoms with E-state index in [-0.39, 0.29) is 4.91 Å². The Morgan fingerprint density at radius 1 is 0.680 bits per heavy atom. The molecule has 0 aliphatic heterocycles. The van der Waals surface area contributed by atoms with Crippen molar-refractivity contribution in [3.05, 3.63) is 114 Å². The third-order valence-electron chi connectivity index (χ3n) is 3.74. The van der Waals surface area contributed by atoms with Gasteiger partial charge in [-0.15, -0.1) is 0 Å². The van der Waals surface area contributed by atoms with Crippen molar-refractivity contribution in [3.63, 3.8) is 0 Å². The second kappa shape index (κ2) is 7.77. The minimum absolute atomic E-state index is 0.284. The Labute approximate surface area is 148 Å². The molecule has 3 aromatic rings. The Bertz CT molecular complexity index is 972. The maximum absolute atomic E-state index is 13.1. The smallest absolute Gasteiger partial charge is 0.207 e. The van der Waals surface area contributed by atoms with Gasteiger partial charge in [0.25, 0.3) is 0 Å². The van der Waals surface area contributed by atoms with Crippen LogP contribution in [-0.2, 0) is 9.84 Å². The molecular weight excluding hydrogens is 328 g/mol. The van der Waals surface area contributed by atoms with E-state index in [1.807, 2.05) is 66.7 Å². The zero-order chi connectivity index (χ0) is 17.5. The lowest BCUT2D eigenvalue weighted by Crippen LogP contribution is -2.04. The van der Waals surface area contributed by atoms with E-state index in [9.17, 15) is 8.42 Å². The number of hydrogen-bond donors (Lipinski definition) is 0. The molecule has 0 unspecified atom stereocenters. The molecule has 0 radical (unpaired) electrons. The van der Waals surface area contributed by atoms with Gasteiger partial charge >= 0.3 is 0 Å². The normalized spacial score (nSPS) is 12.4. The van der Waals surface area contributed by atoms with Gasteiger partial charge in [0.2, 0.25) is 9.84 Å². The third kappa shape index (κ3) is 4.14. The van der Waals surface area contributed by atoms with E-state index in [1.54, 1.807) is 42.5 Å². The molecule has 0 aromatic heterocycles. The molecule has 0 N–H and O–H groups in total. The minimum Gasteiger partial charge on any atom is -0.218 e. The van der Waals surface area contributed by atoms with Crippen LogP contribution < -0.4 is 0 Å². The first-order valence-electron chi connectivity index (χ1n) is 7.97. The Kier molecular flexibility index (Phi) is 5.26. The molecule has 3 aromatic carbocycles. The van der Waals surface area contributed by atoms with Crippen LogP contribution in [0.25, 0.3) is 11.0 Å². The Morgan fingerprint density at radius 2 is 1.20 bits per heavy atom. The summed E-state index contributed by atoms with van der Waals surface area (Å²) in [7, 11) is -3.60. The van der Waals surface area contributed by atoms with Gasteiger partial charge in [-0.25, -0.2) is 8.42 Å². The highest BCUT2D eigenvalue weighted by atomic mass is 32.2. The summed E-state index contributed by atoms with van der Waals surface area (Å²) >= 11 is 0. The van der Waals surface area contributed by atoms with Gasteiger partial charge in [-0.05, 0) is 29.3 Å². The number of allylic oxidation sites excluding steroid dienone is 2. The van der Waals surface area contributed by atoms with E-state index in [2.05, 4.69) is 0 Å². The van der Waals surface area contributed by atoms with Crippen molar-refractivity contribution in [3.8, 4) is 0 Å². The number of benzene rings is 3. The number of hydrogen-bond acceptors (Lipinski definition) is 2. The molecule has 0 heterocycles. The van der Waals surface area contributed by atoms with Crippen molar-refractivity contribution in [2.24, 2.45) is 0 Å². The highest BCUT2D eigenvalue weighted by Gasteiger charge is 2.21. The van der Waals surface area contributed by atoms with E-state index < -0.39 is 9.84 Å². The Hall–Kier alpha value is -2.91. The van der Waals surface area contributed by atoms with Gasteiger partial charge in [0.15, 0.2) is 0 Å². The van der Waals surface area contributed by atoms with Crippen molar-refractivity contribution >= 4 is 20.8 Å². The molecule has 0 aliphatic rings. The fraction of sp³-hybridized carbons (Fsp3) is 0. The van der Waals surface area contributed by atoms with Crippen molar-refractivity contribution in [2.75, 3.05) is 0 Å². The summed E-state index contributed by atoms with van der Waals surface area (Å²) in [5.74, 6) is 0. The van der Waals surface area contributed by atoms with Crippen LogP contribution in [0.1, 0.15) is 11.1 Å². The number of rotatable bonds is 5. The van der Waals surface area contributed by atoms with Crippen LogP contribution >= 0.6 is 0 Å². The van der Waals surface area contributed by atoms with E-state index in [0.29, 0.717) is 10.5 Å². The van der Waals surface area contributed by atoms with Gasteiger partial charge in [0.1, 0.15) is 0 Å². The molecule has 0 amide bonds. The Balaban J connectivity index is 2.05. The lowest BCUT2D eigenvalue weighted by Gasteiger charge is -2.09. The van der Waals surface area contributed by atoms with E-state index in [0.717, 1.165) is 5.56 Å². The maximum Gasteiger partial charge on any atom is 0.207 e. The highest BCUT2D eigenvalue weighted by molar-refractivity contribution is 8.00. The molecule has 2 nitrogen and oxygen atoms in total. The number of sulfone groups is 1. The molecule has 3 rings (SSSR count). The molecule has 0 saturated heterocycles. The lowest BCUT2D eigenvalue weighted by atomic mass is 10.2. The highest BCUT2D eigenvalue weighted by Crippen LogP contribution is 2.28. The molecule has 0 spiro atoms. The van der Waals surface area contributed by atoms with Gasteiger partial charge in [-0.1, -0.05) is 91.0 Å². The molecule has 0 fully saturated rings. The molecule has 0 aliphatic carbocycles. The molecule has 0 saturated carbocycles. The first-order valence-corrected chi connectivity index (χ1v) is 9.45. The molecule has 25 heavy (non-hydrogen) atoms. The van der Waals surface area contributed by atoms with Crippen LogP contribution in [0.3, 0.4) is 0 Å². The van der Waals surface area contributed by atoms with Crippen LogP contribution in [0.15, 0.2) is 108 Å². The summed E-state index contributed by atoms with van der Waals surface area (Å²) in [5.41, 5.74) is 1.69. The predicted molar refractivity (Wildman–Crippen MR) is 104 cm³/mol. The third-order valence-corrected chi connectivity index (χ3v) is 5.58. The summed E-state index contributed by atoms with van der Waals surface area (Å²) in [4.78, 5) is 0.574. The second-order valence-electron chi connectivity index (χ2n) is 5.48. The zero-order valence-corrected chi connectivity index (χ0v) is 14.4. The quantitative estimate of drug-likeness (QED) is 0.594. The fourth-order valence-corrected chi connectivity index (χ4v) is 3.95. The standard InChI is InChI=1S/C22H18O2S/c23-25(24,21-16-8-3-9-17-21)22(20-14-6-2-7-15-20)18-10-13-19-11-4-1-5-12-19/h1-18H/b13-10+,22-18+. The minimum atomic E-state index is -3.60. The van der Waals surface area contributed by atoms with E-state index in [4.69, 9.17) is 0 Å². The first-order chi connectivity index (χ1) is 12.2. The van der Waals surface area contributed by atoms with E-state index >= 15 is 0 Å². The maximum atomic E-state index is 13.1. The van der Waals surface area contributed by atoms with Crippen LogP contribution in [0, 0.1) is 0 Å². The predicted octanol–water partition coefficient (Wildman–Crippen LogP) is 5.21. The first kappa shape index (κ1) is 16.9. The largest absolute Gasteiger partial charge is 0.218 e. The monoisotopic (exact) mass is 346 g/mol. The summed E-state index contributed by atoms with van der Waals surface area (Å²) in [6, 6.07) is 27.4. The average molecular weight is 346 g/mol. The van der Waals surface area contributed by atoms with Crippen LogP contribution in [0.5, 0.6) is 0 Å². The van der Waals surface area contributed by atoms with Crippen molar-refractivity contribution in [2.45, 2.75) is 4.90 Å². The average Bonchev–Trinajstić information content (AvgIpc) is 2.67.